The monoisotopic (exact) mass is 362 g/mol. The number of nitrogens with zero attached hydrogens (tertiary/aromatic N) is 4. The molecule has 0 saturated heterocycles. The first-order valence-electron chi connectivity index (χ1n) is 9.72. The molecule has 1 aliphatic heterocycles. The molecule has 1 aromatic carbocycles. The molecule has 3 heterocycles. The van der Waals surface area contributed by atoms with Crippen LogP contribution in [-0.4, -0.2) is 25.2 Å². The highest BCUT2D eigenvalue weighted by Gasteiger charge is 2.33. The van der Waals surface area contributed by atoms with Gasteiger partial charge in [-0.25, -0.2) is 4.68 Å². The van der Waals surface area contributed by atoms with Gasteiger partial charge in [0.2, 0.25) is 5.91 Å². The Morgan fingerprint density at radius 1 is 1.07 bits per heavy atom. The summed E-state index contributed by atoms with van der Waals surface area (Å²) in [6, 6.07) is 12.4. The van der Waals surface area contributed by atoms with Crippen molar-refractivity contribution in [3.05, 3.63) is 65.6 Å². The van der Waals surface area contributed by atoms with E-state index in [1.807, 2.05) is 34.1 Å². The number of amides is 1. The molecule has 5 heteroatoms. The summed E-state index contributed by atoms with van der Waals surface area (Å²) >= 11 is 0. The lowest BCUT2D eigenvalue weighted by molar-refractivity contribution is -0.136. The number of benzene rings is 1. The molecule has 0 spiro atoms. The van der Waals surface area contributed by atoms with Gasteiger partial charge in [0.05, 0.1) is 24.5 Å². The first-order valence-corrected chi connectivity index (χ1v) is 9.72. The predicted molar refractivity (Wildman–Crippen MR) is 106 cm³/mol. The van der Waals surface area contributed by atoms with Gasteiger partial charge < -0.3 is 9.47 Å². The van der Waals surface area contributed by atoms with Crippen LogP contribution in [0, 0.1) is 12.8 Å². The summed E-state index contributed by atoms with van der Waals surface area (Å²) in [5.74, 6) is 1.38. The van der Waals surface area contributed by atoms with Crippen LogP contribution in [-0.2, 0) is 17.9 Å². The van der Waals surface area contributed by atoms with Crippen molar-refractivity contribution in [1.82, 2.24) is 19.2 Å². The van der Waals surface area contributed by atoms with Gasteiger partial charge in [0.1, 0.15) is 5.82 Å². The second-order valence-corrected chi connectivity index (χ2v) is 7.29. The van der Waals surface area contributed by atoms with E-state index in [2.05, 4.69) is 49.6 Å². The molecular formula is C22H26N4O. The number of hydrogen-bond acceptors (Lipinski definition) is 2. The van der Waals surface area contributed by atoms with E-state index in [1.54, 1.807) is 0 Å². The van der Waals surface area contributed by atoms with Crippen LogP contribution in [0.5, 0.6) is 0 Å². The topological polar surface area (TPSA) is 43.1 Å². The highest BCUT2D eigenvalue weighted by molar-refractivity contribution is 5.79. The van der Waals surface area contributed by atoms with Crippen molar-refractivity contribution in [3.63, 3.8) is 0 Å². The fraction of sp³-hybridized carbons (Fsp3) is 0.364. The van der Waals surface area contributed by atoms with Crippen molar-refractivity contribution >= 4 is 5.91 Å². The Bertz CT molecular complexity index is 934. The van der Waals surface area contributed by atoms with Crippen LogP contribution in [0.15, 0.2) is 48.8 Å². The number of fused-ring (bicyclic) bond motifs is 1. The largest absolute Gasteiger partial charge is 0.332 e. The fourth-order valence-corrected chi connectivity index (χ4v) is 3.86. The van der Waals surface area contributed by atoms with E-state index < -0.39 is 0 Å². The zero-order chi connectivity index (χ0) is 19.0. The van der Waals surface area contributed by atoms with Gasteiger partial charge in [0.25, 0.3) is 0 Å². The minimum atomic E-state index is 0.105. The minimum Gasteiger partial charge on any atom is -0.332 e. The molecule has 4 rings (SSSR count). The molecule has 1 amide bonds. The van der Waals surface area contributed by atoms with Crippen molar-refractivity contribution in [2.24, 2.45) is 5.92 Å². The van der Waals surface area contributed by atoms with Crippen LogP contribution in [0.4, 0.5) is 0 Å². The van der Waals surface area contributed by atoms with Crippen LogP contribution in [0.3, 0.4) is 0 Å². The molecular weight excluding hydrogens is 336 g/mol. The third-order valence-corrected chi connectivity index (χ3v) is 5.50. The number of carbonyl (C=O) groups is 1. The summed E-state index contributed by atoms with van der Waals surface area (Å²) in [5, 5.41) is 4.89. The van der Waals surface area contributed by atoms with Gasteiger partial charge in [0, 0.05) is 23.9 Å². The molecule has 5 nitrogen and oxygen atoms in total. The molecule has 0 bridgehead atoms. The molecule has 0 fully saturated rings. The maximum absolute atomic E-state index is 12.8. The number of aryl methyl sites for hydroxylation is 1. The van der Waals surface area contributed by atoms with Gasteiger partial charge in [-0.1, -0.05) is 31.5 Å². The highest BCUT2D eigenvalue weighted by atomic mass is 16.2. The summed E-state index contributed by atoms with van der Waals surface area (Å²) in [6.07, 6.45) is 5.84. The number of carbonyl (C=O) groups excluding carboxylic acids is 1. The van der Waals surface area contributed by atoms with Gasteiger partial charge in [-0.3, -0.25) is 4.79 Å². The zero-order valence-electron chi connectivity index (χ0n) is 16.2. The summed E-state index contributed by atoms with van der Waals surface area (Å²) in [7, 11) is 0. The van der Waals surface area contributed by atoms with E-state index in [1.165, 1.54) is 5.56 Å². The SMILES string of the molecule is CCC(CC)C(=O)N1Cc2nn(-c3ccc(C)cc3)c(-n3cccc3)c2C1. The molecule has 0 radical (unpaired) electrons. The average molecular weight is 362 g/mol. The Hall–Kier alpha value is -2.82. The van der Waals surface area contributed by atoms with E-state index in [-0.39, 0.29) is 11.8 Å². The third kappa shape index (κ3) is 3.07. The molecule has 0 atom stereocenters. The van der Waals surface area contributed by atoms with Crippen molar-refractivity contribution in [3.8, 4) is 11.5 Å². The lowest BCUT2D eigenvalue weighted by atomic mass is 10.0. The second kappa shape index (κ2) is 7.06. The minimum absolute atomic E-state index is 0.105. The standard InChI is InChI=1S/C22H26N4O/c1-4-17(5-2)22(27)25-14-19-20(15-25)23-26(18-10-8-16(3)9-11-18)21(19)24-12-6-7-13-24/h6-13,17H,4-5,14-15H2,1-3H3. The van der Waals surface area contributed by atoms with Crippen molar-refractivity contribution < 1.29 is 4.79 Å². The Labute approximate surface area is 160 Å². The van der Waals surface area contributed by atoms with Gasteiger partial charge >= 0.3 is 0 Å². The van der Waals surface area contributed by atoms with Gasteiger partial charge in [0.15, 0.2) is 0 Å². The van der Waals surface area contributed by atoms with Crippen molar-refractivity contribution in [2.45, 2.75) is 46.7 Å². The van der Waals surface area contributed by atoms with E-state index in [9.17, 15) is 4.79 Å². The van der Waals surface area contributed by atoms with E-state index in [4.69, 9.17) is 5.10 Å². The lowest BCUT2D eigenvalue weighted by Gasteiger charge is -2.22. The summed E-state index contributed by atoms with van der Waals surface area (Å²) in [4.78, 5) is 14.8. The Kier molecular flexibility index (Phi) is 4.60. The first kappa shape index (κ1) is 17.6. The normalized spacial score (nSPS) is 13.4. The fourth-order valence-electron chi connectivity index (χ4n) is 3.86. The molecule has 0 N–H and O–H groups in total. The Morgan fingerprint density at radius 3 is 2.37 bits per heavy atom. The van der Waals surface area contributed by atoms with Crippen LogP contribution in [0.25, 0.3) is 11.5 Å². The summed E-state index contributed by atoms with van der Waals surface area (Å²) in [5.41, 5.74) is 4.41. The number of aromatic nitrogens is 3. The second-order valence-electron chi connectivity index (χ2n) is 7.29. The Balaban J connectivity index is 1.74. The van der Waals surface area contributed by atoms with Gasteiger partial charge in [-0.15, -0.1) is 0 Å². The molecule has 27 heavy (non-hydrogen) atoms. The van der Waals surface area contributed by atoms with Gasteiger partial charge in [-0.05, 0) is 44.0 Å². The molecule has 3 aromatic rings. The molecule has 0 saturated carbocycles. The van der Waals surface area contributed by atoms with Crippen molar-refractivity contribution in [2.75, 3.05) is 0 Å². The van der Waals surface area contributed by atoms with Gasteiger partial charge in [-0.2, -0.15) is 5.10 Å². The Morgan fingerprint density at radius 2 is 1.74 bits per heavy atom. The third-order valence-electron chi connectivity index (χ3n) is 5.50. The quantitative estimate of drug-likeness (QED) is 0.681. The maximum Gasteiger partial charge on any atom is 0.226 e. The molecule has 140 valence electrons. The molecule has 0 unspecified atom stereocenters. The summed E-state index contributed by atoms with van der Waals surface area (Å²) in [6.45, 7) is 7.48. The molecule has 1 aliphatic rings. The van der Waals surface area contributed by atoms with Crippen LogP contribution < -0.4 is 0 Å². The van der Waals surface area contributed by atoms with Crippen LogP contribution >= 0.6 is 0 Å². The smallest absolute Gasteiger partial charge is 0.226 e. The zero-order valence-corrected chi connectivity index (χ0v) is 16.2. The number of hydrogen-bond donors (Lipinski definition) is 0. The van der Waals surface area contributed by atoms with E-state index >= 15 is 0 Å². The van der Waals surface area contributed by atoms with Crippen LogP contribution in [0.1, 0.15) is 43.5 Å². The first-order chi connectivity index (χ1) is 13.1. The van der Waals surface area contributed by atoms with E-state index in [0.717, 1.165) is 35.6 Å². The van der Waals surface area contributed by atoms with Crippen molar-refractivity contribution in [1.29, 1.82) is 0 Å². The summed E-state index contributed by atoms with van der Waals surface area (Å²) < 4.78 is 4.10. The van der Waals surface area contributed by atoms with Crippen LogP contribution in [0.2, 0.25) is 0 Å². The highest BCUT2D eigenvalue weighted by Crippen LogP contribution is 2.32. The molecule has 2 aromatic heterocycles. The maximum atomic E-state index is 12.8. The predicted octanol–water partition coefficient (Wildman–Crippen LogP) is 4.25. The average Bonchev–Trinajstić information content (AvgIpc) is 3.38. The lowest BCUT2D eigenvalue weighted by Crippen LogP contribution is -2.32. The van der Waals surface area contributed by atoms with E-state index in [0.29, 0.717) is 13.1 Å². The number of rotatable bonds is 5. The molecule has 0 aliphatic carbocycles.